The van der Waals surface area contributed by atoms with Gasteiger partial charge in [-0.1, -0.05) is 72.8 Å². The third-order valence-electron chi connectivity index (χ3n) is 4.82. The van der Waals surface area contributed by atoms with Gasteiger partial charge in [0.1, 0.15) is 5.70 Å². The van der Waals surface area contributed by atoms with Gasteiger partial charge in [0, 0.05) is 16.7 Å². The van der Waals surface area contributed by atoms with E-state index in [4.69, 9.17) is 0 Å². The number of benzene rings is 3. The smallest absolute Gasteiger partial charge is 0.265 e. The first-order chi connectivity index (χ1) is 14.4. The monoisotopic (exact) mass is 419 g/mol. The molecule has 0 unspecified atom stereocenters. The van der Waals surface area contributed by atoms with Gasteiger partial charge in [0.25, 0.3) is 10.0 Å². The maximum Gasteiger partial charge on any atom is 0.265 e. The fraction of sp³-hybridized carbons (Fsp3) is 0.0435. The average Bonchev–Trinajstić information content (AvgIpc) is 2.78. The largest absolute Gasteiger partial charge is 0.505 e. The van der Waals surface area contributed by atoms with Crippen molar-refractivity contribution in [2.45, 2.75) is 4.90 Å². The second-order valence-corrected chi connectivity index (χ2v) is 8.52. The summed E-state index contributed by atoms with van der Waals surface area (Å²) in [5.74, 6) is -1.66. The zero-order valence-corrected chi connectivity index (χ0v) is 16.5. The van der Waals surface area contributed by atoms with E-state index in [0.29, 0.717) is 9.87 Å². The SMILES string of the molecule is O=C(CN1C(=C(O)c2ccccc2)C(=O)c2ccccc2S1(=O)=O)c1ccccc1. The van der Waals surface area contributed by atoms with Crippen molar-refractivity contribution in [3.8, 4) is 0 Å². The van der Waals surface area contributed by atoms with Gasteiger partial charge in [-0.05, 0) is 12.1 Å². The number of hydrogen-bond acceptors (Lipinski definition) is 5. The molecule has 0 amide bonds. The molecule has 7 heteroatoms. The van der Waals surface area contributed by atoms with Crippen molar-refractivity contribution < 1.29 is 23.1 Å². The molecule has 1 aliphatic rings. The molecule has 1 aliphatic heterocycles. The molecule has 0 atom stereocenters. The molecule has 0 saturated carbocycles. The first-order valence-electron chi connectivity index (χ1n) is 9.14. The predicted octanol–water partition coefficient (Wildman–Crippen LogP) is 3.68. The Kier molecular flexibility index (Phi) is 4.97. The number of carbonyl (C=O) groups excluding carboxylic acids is 2. The van der Waals surface area contributed by atoms with Crippen molar-refractivity contribution in [3.63, 3.8) is 0 Å². The van der Waals surface area contributed by atoms with E-state index in [9.17, 15) is 23.1 Å². The number of aliphatic hydroxyl groups is 1. The molecule has 1 N–H and O–H groups in total. The Morgan fingerprint density at radius 3 is 1.97 bits per heavy atom. The molecule has 0 saturated heterocycles. The van der Waals surface area contributed by atoms with E-state index in [1.165, 1.54) is 18.2 Å². The van der Waals surface area contributed by atoms with Crippen LogP contribution >= 0.6 is 0 Å². The van der Waals surface area contributed by atoms with Gasteiger partial charge >= 0.3 is 0 Å². The summed E-state index contributed by atoms with van der Waals surface area (Å²) in [6.07, 6.45) is 0. The molecular formula is C23H17NO5S. The molecular weight excluding hydrogens is 402 g/mol. The number of rotatable bonds is 4. The topological polar surface area (TPSA) is 91.8 Å². The van der Waals surface area contributed by atoms with Gasteiger partial charge in [-0.3, -0.25) is 13.9 Å². The summed E-state index contributed by atoms with van der Waals surface area (Å²) in [5.41, 5.74) is 0.0905. The predicted molar refractivity (Wildman–Crippen MR) is 111 cm³/mol. The molecule has 150 valence electrons. The molecule has 0 spiro atoms. The molecule has 0 fully saturated rings. The van der Waals surface area contributed by atoms with Crippen molar-refractivity contribution in [1.82, 2.24) is 4.31 Å². The highest BCUT2D eigenvalue weighted by molar-refractivity contribution is 7.89. The van der Waals surface area contributed by atoms with E-state index in [0.717, 1.165) is 0 Å². The lowest BCUT2D eigenvalue weighted by Crippen LogP contribution is -2.42. The Labute approximate surface area is 173 Å². The summed E-state index contributed by atoms with van der Waals surface area (Å²) < 4.78 is 27.4. The lowest BCUT2D eigenvalue weighted by Gasteiger charge is -2.31. The highest BCUT2D eigenvalue weighted by Crippen LogP contribution is 2.35. The van der Waals surface area contributed by atoms with Crippen LogP contribution in [0.2, 0.25) is 0 Å². The van der Waals surface area contributed by atoms with Crippen molar-refractivity contribution in [2.24, 2.45) is 0 Å². The van der Waals surface area contributed by atoms with Gasteiger partial charge in [-0.25, -0.2) is 8.42 Å². The molecule has 0 aromatic heterocycles. The van der Waals surface area contributed by atoms with Crippen LogP contribution in [0.5, 0.6) is 0 Å². The van der Waals surface area contributed by atoms with Crippen LogP contribution in [0.15, 0.2) is 95.5 Å². The molecule has 0 bridgehead atoms. The average molecular weight is 419 g/mol. The van der Waals surface area contributed by atoms with E-state index < -0.39 is 39.6 Å². The van der Waals surface area contributed by atoms with E-state index in [1.54, 1.807) is 66.7 Å². The number of carbonyl (C=O) groups is 2. The molecule has 4 rings (SSSR count). The number of allylic oxidation sites excluding steroid dienone is 1. The minimum Gasteiger partial charge on any atom is -0.505 e. The third kappa shape index (κ3) is 3.29. The Bertz CT molecular complexity index is 1270. The molecule has 30 heavy (non-hydrogen) atoms. The van der Waals surface area contributed by atoms with Crippen molar-refractivity contribution >= 4 is 27.3 Å². The zero-order chi connectivity index (χ0) is 21.3. The Hall–Kier alpha value is -3.71. The van der Waals surface area contributed by atoms with Crippen LogP contribution in [0, 0.1) is 0 Å². The van der Waals surface area contributed by atoms with Crippen LogP contribution in [0.4, 0.5) is 0 Å². The summed E-state index contributed by atoms with van der Waals surface area (Å²) in [6, 6.07) is 22.1. The van der Waals surface area contributed by atoms with Crippen molar-refractivity contribution in [2.75, 3.05) is 6.54 Å². The Morgan fingerprint density at radius 2 is 1.33 bits per heavy atom. The zero-order valence-electron chi connectivity index (χ0n) is 15.7. The maximum absolute atomic E-state index is 13.3. The highest BCUT2D eigenvalue weighted by Gasteiger charge is 2.42. The van der Waals surface area contributed by atoms with E-state index in [2.05, 4.69) is 0 Å². The number of ketones is 2. The maximum atomic E-state index is 13.3. The number of nitrogens with zero attached hydrogens (tertiary/aromatic N) is 1. The highest BCUT2D eigenvalue weighted by atomic mass is 32.2. The van der Waals surface area contributed by atoms with Crippen LogP contribution in [-0.4, -0.2) is 35.9 Å². The lowest BCUT2D eigenvalue weighted by molar-refractivity contribution is 0.0952. The molecule has 6 nitrogen and oxygen atoms in total. The number of fused-ring (bicyclic) bond motifs is 1. The van der Waals surface area contributed by atoms with Gasteiger partial charge in [0.15, 0.2) is 11.5 Å². The first kappa shape index (κ1) is 19.6. The summed E-state index contributed by atoms with van der Waals surface area (Å²) in [5, 5.41) is 10.9. The van der Waals surface area contributed by atoms with E-state index in [1.807, 2.05) is 0 Å². The summed E-state index contributed by atoms with van der Waals surface area (Å²) in [6.45, 7) is -0.612. The molecule has 0 radical (unpaired) electrons. The van der Waals surface area contributed by atoms with Gasteiger partial charge in [-0.15, -0.1) is 0 Å². The number of aliphatic hydroxyl groups excluding tert-OH is 1. The minimum absolute atomic E-state index is 0.0432. The fourth-order valence-corrected chi connectivity index (χ4v) is 4.95. The van der Waals surface area contributed by atoms with E-state index in [-0.39, 0.29) is 16.0 Å². The molecule has 1 heterocycles. The Morgan fingerprint density at radius 1 is 0.800 bits per heavy atom. The van der Waals surface area contributed by atoms with Crippen LogP contribution in [0.1, 0.15) is 26.3 Å². The summed E-state index contributed by atoms with van der Waals surface area (Å²) >= 11 is 0. The van der Waals surface area contributed by atoms with Crippen LogP contribution in [-0.2, 0) is 10.0 Å². The third-order valence-corrected chi connectivity index (χ3v) is 6.62. The quantitative estimate of drug-likeness (QED) is 0.396. The number of hydrogen-bond donors (Lipinski definition) is 1. The van der Waals surface area contributed by atoms with Crippen LogP contribution in [0.25, 0.3) is 5.76 Å². The van der Waals surface area contributed by atoms with Gasteiger partial charge in [0.05, 0.1) is 11.4 Å². The van der Waals surface area contributed by atoms with Crippen molar-refractivity contribution in [1.29, 1.82) is 0 Å². The second-order valence-electron chi connectivity index (χ2n) is 6.69. The number of sulfonamides is 1. The Balaban J connectivity index is 1.91. The fourth-order valence-electron chi connectivity index (χ4n) is 3.33. The summed E-state index contributed by atoms with van der Waals surface area (Å²) in [7, 11) is -4.25. The van der Waals surface area contributed by atoms with E-state index >= 15 is 0 Å². The number of Topliss-reactive ketones (excluding diaryl/α,β-unsaturated/α-hetero) is 2. The van der Waals surface area contributed by atoms with Gasteiger partial charge in [0.2, 0.25) is 5.78 Å². The normalized spacial score (nSPS) is 16.7. The lowest BCUT2D eigenvalue weighted by atomic mass is 10.0. The standard InChI is InChI=1S/C23H17NO5S/c25-19(16-9-3-1-4-10-16)15-24-21(22(26)17-11-5-2-6-12-17)23(27)18-13-7-8-14-20(18)30(24,28)29/h1-14,26H,15H2. The molecule has 3 aromatic rings. The van der Waals surface area contributed by atoms with Gasteiger partial charge in [-0.2, -0.15) is 0 Å². The van der Waals surface area contributed by atoms with Gasteiger partial charge < -0.3 is 5.11 Å². The minimum atomic E-state index is -4.25. The molecule has 0 aliphatic carbocycles. The summed E-state index contributed by atoms with van der Waals surface area (Å²) in [4.78, 5) is 25.8. The first-order valence-corrected chi connectivity index (χ1v) is 10.6. The molecule has 3 aromatic carbocycles. The van der Waals surface area contributed by atoms with Crippen LogP contribution < -0.4 is 0 Å². The van der Waals surface area contributed by atoms with Crippen LogP contribution in [0.3, 0.4) is 0 Å². The second kappa shape index (κ2) is 7.61. The van der Waals surface area contributed by atoms with Crippen molar-refractivity contribution in [3.05, 3.63) is 107 Å².